The van der Waals surface area contributed by atoms with Gasteiger partial charge in [-0.1, -0.05) is 36.4 Å². The first-order valence-electron chi connectivity index (χ1n) is 7.74. The zero-order valence-electron chi connectivity index (χ0n) is 12.9. The number of allylic oxidation sites excluding steroid dienone is 2. The van der Waals surface area contributed by atoms with E-state index in [0.717, 1.165) is 32.9 Å². The summed E-state index contributed by atoms with van der Waals surface area (Å²) in [7, 11) is 0. The highest BCUT2D eigenvalue weighted by Gasteiger charge is 2.23. The van der Waals surface area contributed by atoms with Crippen molar-refractivity contribution < 1.29 is 9.90 Å². The number of benzene rings is 2. The van der Waals surface area contributed by atoms with Crippen molar-refractivity contribution in [3.8, 4) is 0 Å². The highest BCUT2D eigenvalue weighted by Crippen LogP contribution is 2.32. The molecule has 0 atom stereocenters. The molecule has 0 aliphatic heterocycles. The fourth-order valence-electron chi connectivity index (χ4n) is 2.81. The van der Waals surface area contributed by atoms with Gasteiger partial charge < -0.3 is 5.11 Å². The van der Waals surface area contributed by atoms with Gasteiger partial charge in [0.05, 0.1) is 0 Å². The van der Waals surface area contributed by atoms with Gasteiger partial charge >= 0.3 is 0 Å². The molecule has 1 N–H and O–H groups in total. The Morgan fingerprint density at radius 2 is 1.75 bits per heavy atom. The lowest BCUT2D eigenvalue weighted by Gasteiger charge is -2.18. The van der Waals surface area contributed by atoms with Crippen LogP contribution >= 0.6 is 31.9 Å². The van der Waals surface area contributed by atoms with E-state index in [1.54, 1.807) is 12.1 Å². The molecule has 122 valence electrons. The number of carbonyl (C=O) groups excluding carboxylic acids is 1. The van der Waals surface area contributed by atoms with Crippen LogP contribution in [-0.2, 0) is 0 Å². The molecule has 0 saturated heterocycles. The van der Waals surface area contributed by atoms with Gasteiger partial charge in [0.25, 0.3) is 0 Å². The first kappa shape index (κ1) is 17.2. The predicted octanol–water partition coefficient (Wildman–Crippen LogP) is 6.47. The standard InChI is InChI=1S/C20H16Br2O2/c21-17-10-9-13(12-18(17)22)11-15-7-4-8-16(20(15)24)19(23)14-5-2-1-3-6-14/h1-3,5-6,9-12,24H,4,7-8H2/b15-11+. The van der Waals surface area contributed by atoms with Crippen molar-refractivity contribution in [2.75, 3.05) is 0 Å². The Labute approximate surface area is 158 Å². The Morgan fingerprint density at radius 3 is 2.46 bits per heavy atom. The summed E-state index contributed by atoms with van der Waals surface area (Å²) in [4.78, 5) is 12.6. The van der Waals surface area contributed by atoms with E-state index in [9.17, 15) is 9.90 Å². The van der Waals surface area contributed by atoms with Crippen LogP contribution in [0.25, 0.3) is 6.08 Å². The minimum absolute atomic E-state index is 0.0873. The summed E-state index contributed by atoms with van der Waals surface area (Å²) in [6.07, 6.45) is 4.19. The van der Waals surface area contributed by atoms with Gasteiger partial charge in [-0.05, 0) is 80.5 Å². The van der Waals surface area contributed by atoms with Crippen LogP contribution in [0.4, 0.5) is 0 Å². The number of hydrogen-bond donors (Lipinski definition) is 1. The van der Waals surface area contributed by atoms with Crippen molar-refractivity contribution in [1.29, 1.82) is 0 Å². The van der Waals surface area contributed by atoms with Gasteiger partial charge in [-0.3, -0.25) is 4.79 Å². The monoisotopic (exact) mass is 446 g/mol. The molecule has 0 spiro atoms. The maximum absolute atomic E-state index is 12.6. The number of Topliss-reactive ketones (excluding diaryl/α,β-unsaturated/α-hetero) is 1. The van der Waals surface area contributed by atoms with Gasteiger partial charge in [0.1, 0.15) is 5.76 Å². The Balaban J connectivity index is 1.96. The second kappa shape index (κ2) is 7.49. The van der Waals surface area contributed by atoms with Crippen LogP contribution in [0.15, 0.2) is 74.4 Å². The molecule has 0 unspecified atom stereocenters. The highest BCUT2D eigenvalue weighted by molar-refractivity contribution is 9.13. The SMILES string of the molecule is O=C(C1=C(O)/C(=C/c2ccc(Br)c(Br)c2)CCC1)c1ccccc1. The van der Waals surface area contributed by atoms with E-state index < -0.39 is 0 Å². The molecule has 1 aliphatic rings. The maximum Gasteiger partial charge on any atom is 0.192 e. The van der Waals surface area contributed by atoms with E-state index in [4.69, 9.17) is 0 Å². The molecule has 0 amide bonds. The van der Waals surface area contributed by atoms with Gasteiger partial charge in [0.15, 0.2) is 5.78 Å². The molecule has 0 bridgehead atoms. The first-order chi connectivity index (χ1) is 11.6. The van der Waals surface area contributed by atoms with Crippen LogP contribution in [-0.4, -0.2) is 10.9 Å². The fourth-order valence-corrected chi connectivity index (χ4v) is 3.46. The van der Waals surface area contributed by atoms with Crippen LogP contribution in [0.5, 0.6) is 0 Å². The lowest BCUT2D eigenvalue weighted by Crippen LogP contribution is -2.12. The summed E-state index contributed by atoms with van der Waals surface area (Å²) < 4.78 is 1.93. The van der Waals surface area contributed by atoms with Crippen molar-refractivity contribution in [2.24, 2.45) is 0 Å². The molecule has 0 radical (unpaired) electrons. The van der Waals surface area contributed by atoms with Crippen molar-refractivity contribution in [1.82, 2.24) is 0 Å². The molecule has 2 aromatic carbocycles. The minimum Gasteiger partial charge on any atom is -0.507 e. The predicted molar refractivity (Wildman–Crippen MR) is 104 cm³/mol. The molecule has 3 rings (SSSR count). The minimum atomic E-state index is -0.0873. The smallest absolute Gasteiger partial charge is 0.192 e. The van der Waals surface area contributed by atoms with Crippen molar-refractivity contribution in [2.45, 2.75) is 19.3 Å². The summed E-state index contributed by atoms with van der Waals surface area (Å²) in [5, 5.41) is 10.6. The largest absolute Gasteiger partial charge is 0.507 e. The van der Waals surface area contributed by atoms with Gasteiger partial charge in [0, 0.05) is 20.1 Å². The average Bonchev–Trinajstić information content (AvgIpc) is 2.60. The van der Waals surface area contributed by atoms with Crippen LogP contribution < -0.4 is 0 Å². The van der Waals surface area contributed by atoms with Crippen molar-refractivity contribution >= 4 is 43.7 Å². The summed E-state index contributed by atoms with van der Waals surface area (Å²) in [6, 6.07) is 15.0. The number of carbonyl (C=O) groups is 1. The summed E-state index contributed by atoms with van der Waals surface area (Å²) in [6.45, 7) is 0. The van der Waals surface area contributed by atoms with Crippen molar-refractivity contribution in [3.05, 3.63) is 85.5 Å². The van der Waals surface area contributed by atoms with E-state index in [2.05, 4.69) is 31.9 Å². The lowest BCUT2D eigenvalue weighted by molar-refractivity contribution is 0.102. The van der Waals surface area contributed by atoms with E-state index >= 15 is 0 Å². The Bertz CT molecular complexity index is 836. The third kappa shape index (κ3) is 3.70. The molecule has 24 heavy (non-hydrogen) atoms. The quantitative estimate of drug-likeness (QED) is 0.547. The maximum atomic E-state index is 12.6. The van der Waals surface area contributed by atoms with Crippen LogP contribution in [0.1, 0.15) is 35.2 Å². The molecule has 0 saturated carbocycles. The van der Waals surface area contributed by atoms with Crippen LogP contribution in [0.3, 0.4) is 0 Å². The van der Waals surface area contributed by atoms with Gasteiger partial charge in [-0.2, -0.15) is 0 Å². The Morgan fingerprint density at radius 1 is 1.00 bits per heavy atom. The van der Waals surface area contributed by atoms with E-state index in [1.807, 2.05) is 42.5 Å². The van der Waals surface area contributed by atoms with Crippen molar-refractivity contribution in [3.63, 3.8) is 0 Å². The lowest BCUT2D eigenvalue weighted by atomic mass is 9.88. The zero-order chi connectivity index (χ0) is 17.1. The highest BCUT2D eigenvalue weighted by atomic mass is 79.9. The van der Waals surface area contributed by atoms with Gasteiger partial charge in [-0.15, -0.1) is 0 Å². The number of aliphatic hydroxyl groups excluding tert-OH is 1. The molecular weight excluding hydrogens is 432 g/mol. The summed E-state index contributed by atoms with van der Waals surface area (Å²) in [5.41, 5.74) is 2.93. The molecule has 0 fully saturated rings. The van der Waals surface area contributed by atoms with E-state index in [1.165, 1.54) is 0 Å². The van der Waals surface area contributed by atoms with Crippen LogP contribution in [0.2, 0.25) is 0 Å². The summed E-state index contributed by atoms with van der Waals surface area (Å²) >= 11 is 6.94. The molecule has 0 aromatic heterocycles. The normalized spacial score (nSPS) is 16.5. The van der Waals surface area contributed by atoms with Gasteiger partial charge in [0.2, 0.25) is 0 Å². The van der Waals surface area contributed by atoms with Crippen LogP contribution in [0, 0.1) is 0 Å². The number of rotatable bonds is 3. The third-order valence-electron chi connectivity index (χ3n) is 4.06. The van der Waals surface area contributed by atoms with E-state index in [-0.39, 0.29) is 11.5 Å². The Hall–Kier alpha value is -1.65. The zero-order valence-corrected chi connectivity index (χ0v) is 16.1. The second-order valence-electron chi connectivity index (χ2n) is 5.72. The molecule has 4 heteroatoms. The molecule has 0 heterocycles. The molecule has 2 nitrogen and oxygen atoms in total. The molecule has 1 aliphatic carbocycles. The first-order valence-corrected chi connectivity index (χ1v) is 9.32. The molecular formula is C20H16Br2O2. The van der Waals surface area contributed by atoms with Gasteiger partial charge in [-0.25, -0.2) is 0 Å². The Kier molecular flexibility index (Phi) is 5.36. The topological polar surface area (TPSA) is 37.3 Å². The summed E-state index contributed by atoms with van der Waals surface area (Å²) in [5.74, 6) is 0.0461. The number of ketones is 1. The number of halogens is 2. The number of aliphatic hydroxyl groups is 1. The fraction of sp³-hybridized carbons (Fsp3) is 0.150. The second-order valence-corrected chi connectivity index (χ2v) is 7.43. The number of hydrogen-bond acceptors (Lipinski definition) is 2. The average molecular weight is 448 g/mol. The van der Waals surface area contributed by atoms with E-state index in [0.29, 0.717) is 17.6 Å². The third-order valence-corrected chi connectivity index (χ3v) is 5.94. The molecule has 2 aromatic rings.